The minimum atomic E-state index is -2.97. The molecule has 1 aliphatic heterocycles. The fourth-order valence-electron chi connectivity index (χ4n) is 2.68. The highest BCUT2D eigenvalue weighted by molar-refractivity contribution is 6.29. The number of carbonyl (C=O) groups is 1. The smallest absolute Gasteiger partial charge is 0.282 e. The van der Waals surface area contributed by atoms with Crippen molar-refractivity contribution in [3.05, 3.63) is 46.4 Å². The van der Waals surface area contributed by atoms with Gasteiger partial charge in [0.1, 0.15) is 11.0 Å². The first-order chi connectivity index (χ1) is 12.2. The Hall–Kier alpha value is -2.79. The normalized spacial score (nSPS) is 15.2. The van der Waals surface area contributed by atoms with E-state index in [2.05, 4.69) is 4.98 Å². The quantitative estimate of drug-likeness (QED) is 0.763. The van der Waals surface area contributed by atoms with Gasteiger partial charge in [-0.1, -0.05) is 11.6 Å². The molecule has 1 amide bonds. The molecular formula is C17H11ClF3N3O2. The lowest BCUT2D eigenvalue weighted by Crippen LogP contribution is -2.58. The summed E-state index contributed by atoms with van der Waals surface area (Å²) in [4.78, 5) is 17.4. The molecule has 0 saturated carbocycles. The van der Waals surface area contributed by atoms with E-state index in [0.29, 0.717) is 0 Å². The summed E-state index contributed by atoms with van der Waals surface area (Å²) >= 11 is 5.90. The predicted octanol–water partition coefficient (Wildman–Crippen LogP) is 3.51. The number of likely N-dealkylation sites (tertiary alicyclic amines) is 1. The van der Waals surface area contributed by atoms with Gasteiger partial charge in [-0.25, -0.2) is 18.2 Å². The zero-order chi connectivity index (χ0) is 19.1. The Kier molecular flexibility index (Phi) is 4.50. The monoisotopic (exact) mass is 381 g/mol. The average Bonchev–Trinajstić information content (AvgIpc) is 2.57. The van der Waals surface area contributed by atoms with Crippen molar-refractivity contribution in [2.24, 2.45) is 0 Å². The van der Waals surface area contributed by atoms with E-state index >= 15 is 0 Å². The molecule has 1 fully saturated rings. The molecular weight excluding hydrogens is 371 g/mol. The maximum atomic E-state index is 14.7. The highest BCUT2D eigenvalue weighted by atomic mass is 35.5. The third-order valence-corrected chi connectivity index (χ3v) is 4.04. The second-order valence-corrected chi connectivity index (χ2v) is 6.12. The molecule has 1 aromatic heterocycles. The van der Waals surface area contributed by atoms with Crippen LogP contribution < -0.4 is 4.74 Å². The molecule has 26 heavy (non-hydrogen) atoms. The number of hydrogen-bond acceptors (Lipinski definition) is 4. The zero-order valence-electron chi connectivity index (χ0n) is 13.4. The van der Waals surface area contributed by atoms with Gasteiger partial charge in [-0.05, 0) is 23.8 Å². The summed E-state index contributed by atoms with van der Waals surface area (Å²) in [5.41, 5.74) is -0.290. The van der Waals surface area contributed by atoms with Gasteiger partial charge in [-0.15, -0.1) is 0 Å². The van der Waals surface area contributed by atoms with E-state index in [9.17, 15) is 18.0 Å². The van der Waals surface area contributed by atoms with Gasteiger partial charge in [0, 0.05) is 11.6 Å². The van der Waals surface area contributed by atoms with Gasteiger partial charge >= 0.3 is 0 Å². The van der Waals surface area contributed by atoms with E-state index in [1.165, 1.54) is 19.2 Å². The van der Waals surface area contributed by atoms with Crippen LogP contribution in [0.4, 0.5) is 13.2 Å². The van der Waals surface area contributed by atoms with Crippen LogP contribution in [0.15, 0.2) is 24.3 Å². The Bertz CT molecular complexity index is 936. The molecule has 0 bridgehead atoms. The van der Waals surface area contributed by atoms with Gasteiger partial charge in [-0.2, -0.15) is 5.26 Å². The first-order valence-electron chi connectivity index (χ1n) is 7.37. The van der Waals surface area contributed by atoms with Gasteiger partial charge in [-0.3, -0.25) is 4.79 Å². The van der Waals surface area contributed by atoms with E-state index in [1.54, 1.807) is 6.07 Å². The molecule has 2 aromatic rings. The minimum absolute atomic E-state index is 0.00278. The topological polar surface area (TPSA) is 66.2 Å². The number of hydrogen-bond donors (Lipinski definition) is 0. The first kappa shape index (κ1) is 18.0. The molecule has 0 N–H and O–H groups in total. The van der Waals surface area contributed by atoms with Crippen molar-refractivity contribution >= 4 is 17.5 Å². The largest absolute Gasteiger partial charge is 0.481 e. The number of nitriles is 1. The van der Waals surface area contributed by atoms with E-state index in [-0.39, 0.29) is 33.3 Å². The molecule has 1 aromatic carbocycles. The van der Waals surface area contributed by atoms with Crippen molar-refractivity contribution in [2.75, 3.05) is 20.2 Å². The van der Waals surface area contributed by atoms with Crippen LogP contribution in [-0.2, 0) is 0 Å². The SMILES string of the molecule is COc1cc(-c2c(F)cc(C#N)cc2C(=O)N2CC(F)(F)C2)cc(Cl)n1. The second kappa shape index (κ2) is 6.50. The first-order valence-corrected chi connectivity index (χ1v) is 7.74. The van der Waals surface area contributed by atoms with Crippen molar-refractivity contribution in [1.29, 1.82) is 5.26 Å². The van der Waals surface area contributed by atoms with Gasteiger partial charge in [0.25, 0.3) is 11.8 Å². The van der Waals surface area contributed by atoms with Gasteiger partial charge in [0.05, 0.1) is 37.4 Å². The summed E-state index contributed by atoms with van der Waals surface area (Å²) in [6.07, 6.45) is 0. The van der Waals surface area contributed by atoms with Crippen molar-refractivity contribution in [2.45, 2.75) is 5.92 Å². The van der Waals surface area contributed by atoms with Crippen LogP contribution >= 0.6 is 11.6 Å². The molecule has 2 heterocycles. The average molecular weight is 382 g/mol. The molecule has 134 valence electrons. The molecule has 0 radical (unpaired) electrons. The number of carbonyl (C=O) groups excluding carboxylic acids is 1. The van der Waals surface area contributed by atoms with Crippen molar-refractivity contribution in [3.8, 4) is 23.1 Å². The molecule has 0 aliphatic carbocycles. The van der Waals surface area contributed by atoms with Crippen LogP contribution in [0.25, 0.3) is 11.1 Å². The van der Waals surface area contributed by atoms with Crippen molar-refractivity contribution < 1.29 is 22.7 Å². The maximum Gasteiger partial charge on any atom is 0.282 e. The number of aromatic nitrogens is 1. The van der Waals surface area contributed by atoms with Crippen LogP contribution in [0.1, 0.15) is 15.9 Å². The van der Waals surface area contributed by atoms with Crippen LogP contribution in [0.2, 0.25) is 5.15 Å². The van der Waals surface area contributed by atoms with E-state index < -0.39 is 30.7 Å². The molecule has 5 nitrogen and oxygen atoms in total. The Labute approximate surface area is 151 Å². The van der Waals surface area contributed by atoms with Crippen molar-refractivity contribution in [3.63, 3.8) is 0 Å². The lowest BCUT2D eigenvalue weighted by atomic mass is 9.95. The third kappa shape index (κ3) is 3.30. The van der Waals surface area contributed by atoms with E-state index in [0.717, 1.165) is 17.0 Å². The minimum Gasteiger partial charge on any atom is -0.481 e. The number of methoxy groups -OCH3 is 1. The highest BCUT2D eigenvalue weighted by Crippen LogP contribution is 2.35. The fourth-order valence-corrected chi connectivity index (χ4v) is 2.88. The van der Waals surface area contributed by atoms with Crippen LogP contribution in [-0.4, -0.2) is 41.9 Å². The summed E-state index contributed by atoms with van der Waals surface area (Å²) in [6.45, 7) is -1.52. The molecule has 9 heteroatoms. The Morgan fingerprint density at radius 1 is 1.35 bits per heavy atom. The summed E-state index contributed by atoms with van der Waals surface area (Å²) in [7, 11) is 1.34. The fraction of sp³-hybridized carbons (Fsp3) is 0.235. The number of halogens is 4. The zero-order valence-corrected chi connectivity index (χ0v) is 14.1. The molecule has 0 atom stereocenters. The summed E-state index contributed by atoms with van der Waals surface area (Å²) in [6, 6.07) is 6.54. The number of nitrogens with zero attached hydrogens (tertiary/aromatic N) is 3. The summed E-state index contributed by atoms with van der Waals surface area (Å²) in [5.74, 6) is -4.53. The van der Waals surface area contributed by atoms with Crippen molar-refractivity contribution in [1.82, 2.24) is 9.88 Å². The number of rotatable bonds is 3. The molecule has 1 saturated heterocycles. The number of alkyl halides is 2. The molecule has 3 rings (SSSR count). The lowest BCUT2D eigenvalue weighted by Gasteiger charge is -2.39. The Morgan fingerprint density at radius 2 is 2.04 bits per heavy atom. The molecule has 0 unspecified atom stereocenters. The van der Waals surface area contributed by atoms with E-state index in [1.807, 2.05) is 0 Å². The molecule has 1 aliphatic rings. The molecule has 0 spiro atoms. The third-order valence-electron chi connectivity index (χ3n) is 3.85. The second-order valence-electron chi connectivity index (χ2n) is 5.73. The Morgan fingerprint density at radius 3 is 2.62 bits per heavy atom. The highest BCUT2D eigenvalue weighted by Gasteiger charge is 2.47. The summed E-state index contributed by atoms with van der Waals surface area (Å²) < 4.78 is 45.9. The van der Waals surface area contributed by atoms with Gasteiger partial charge in [0.15, 0.2) is 0 Å². The van der Waals surface area contributed by atoms with Gasteiger partial charge in [0.2, 0.25) is 5.88 Å². The van der Waals surface area contributed by atoms with Crippen LogP contribution in [0.5, 0.6) is 5.88 Å². The number of pyridine rings is 1. The maximum absolute atomic E-state index is 14.7. The van der Waals surface area contributed by atoms with Gasteiger partial charge < -0.3 is 9.64 Å². The number of ether oxygens (including phenoxy) is 1. The van der Waals surface area contributed by atoms with Crippen LogP contribution in [0.3, 0.4) is 0 Å². The predicted molar refractivity (Wildman–Crippen MR) is 86.8 cm³/mol. The number of benzene rings is 1. The standard InChI is InChI=1S/C17H11ClF3N3O2/c1-26-14-5-10(4-13(18)23-14)15-11(2-9(6-22)3-12(15)19)16(25)24-7-17(20,21)8-24/h2-5H,7-8H2,1H3. The Balaban J connectivity index is 2.15. The summed E-state index contributed by atoms with van der Waals surface area (Å²) in [5, 5.41) is 9.03. The van der Waals surface area contributed by atoms with Crippen LogP contribution in [0, 0.1) is 17.1 Å². The number of amides is 1. The van der Waals surface area contributed by atoms with E-state index in [4.69, 9.17) is 21.6 Å². The lowest BCUT2D eigenvalue weighted by molar-refractivity contribution is -0.113.